The van der Waals surface area contributed by atoms with Crippen LogP contribution >= 0.6 is 11.3 Å². The van der Waals surface area contributed by atoms with Crippen molar-refractivity contribution in [2.45, 2.75) is 4.90 Å². The lowest BCUT2D eigenvalue weighted by molar-refractivity contribution is 0.601. The van der Waals surface area contributed by atoms with Gasteiger partial charge in [0, 0.05) is 16.8 Å². The van der Waals surface area contributed by atoms with Gasteiger partial charge < -0.3 is 5.73 Å². The third kappa shape index (κ3) is 3.98. The molecule has 24 heavy (non-hydrogen) atoms. The summed E-state index contributed by atoms with van der Waals surface area (Å²) in [5, 5.41) is 1.98. The smallest absolute Gasteiger partial charge is 0.264 e. The minimum atomic E-state index is -3.76. The molecule has 0 aliphatic carbocycles. The fourth-order valence-electron chi connectivity index (χ4n) is 1.89. The van der Waals surface area contributed by atoms with Crippen LogP contribution in [0.15, 0.2) is 58.9 Å². The molecule has 0 spiro atoms. The summed E-state index contributed by atoms with van der Waals surface area (Å²) in [5.74, 6) is 0.0140. The van der Waals surface area contributed by atoms with Gasteiger partial charge in [-0.3, -0.25) is 0 Å². The van der Waals surface area contributed by atoms with Gasteiger partial charge in [0.1, 0.15) is 0 Å². The fraction of sp³-hybridized carbons (Fsp3) is 0. The Kier molecular flexibility index (Phi) is 4.59. The van der Waals surface area contributed by atoms with Crippen molar-refractivity contribution in [3.8, 4) is 0 Å². The van der Waals surface area contributed by atoms with Gasteiger partial charge in [0.25, 0.3) is 10.0 Å². The molecule has 0 saturated heterocycles. The van der Waals surface area contributed by atoms with E-state index in [1.807, 2.05) is 23.6 Å². The number of anilines is 2. The zero-order valence-corrected chi connectivity index (χ0v) is 14.1. The van der Waals surface area contributed by atoms with E-state index in [1.165, 1.54) is 30.5 Å². The zero-order chi connectivity index (χ0) is 17.0. The average molecular weight is 358 g/mol. The Morgan fingerprint density at radius 1 is 1.08 bits per heavy atom. The minimum absolute atomic E-state index is 0.0140. The van der Waals surface area contributed by atoms with E-state index in [4.69, 9.17) is 5.73 Å². The first kappa shape index (κ1) is 16.2. The van der Waals surface area contributed by atoms with E-state index >= 15 is 0 Å². The maximum atomic E-state index is 12.3. The molecule has 0 saturated carbocycles. The predicted molar refractivity (Wildman–Crippen MR) is 96.9 cm³/mol. The minimum Gasteiger partial charge on any atom is -0.399 e. The monoisotopic (exact) mass is 358 g/mol. The quantitative estimate of drug-likeness (QED) is 0.683. The molecule has 1 aromatic carbocycles. The molecular formula is C16H14N4O2S2. The second kappa shape index (κ2) is 6.81. The fourth-order valence-corrected chi connectivity index (χ4v) is 3.46. The Morgan fingerprint density at radius 2 is 1.88 bits per heavy atom. The zero-order valence-electron chi connectivity index (χ0n) is 12.5. The van der Waals surface area contributed by atoms with Crippen LogP contribution in [0.5, 0.6) is 0 Å². The topological polar surface area (TPSA) is 98.0 Å². The van der Waals surface area contributed by atoms with E-state index in [-0.39, 0.29) is 10.8 Å². The van der Waals surface area contributed by atoms with Gasteiger partial charge in [-0.15, -0.1) is 11.3 Å². The van der Waals surface area contributed by atoms with Crippen LogP contribution in [0, 0.1) is 0 Å². The van der Waals surface area contributed by atoms with Gasteiger partial charge in [0.2, 0.25) is 5.95 Å². The predicted octanol–water partition coefficient (Wildman–Crippen LogP) is 3.09. The third-order valence-electron chi connectivity index (χ3n) is 3.05. The molecule has 0 fully saturated rings. The molecule has 0 radical (unpaired) electrons. The average Bonchev–Trinajstić information content (AvgIpc) is 3.07. The number of hydrogen-bond donors (Lipinski definition) is 2. The highest BCUT2D eigenvalue weighted by atomic mass is 32.2. The van der Waals surface area contributed by atoms with Gasteiger partial charge in [-0.2, -0.15) is 0 Å². The van der Waals surface area contributed by atoms with Crippen molar-refractivity contribution < 1.29 is 8.42 Å². The molecule has 0 unspecified atom stereocenters. The highest BCUT2D eigenvalue weighted by molar-refractivity contribution is 7.92. The molecule has 2 heterocycles. The van der Waals surface area contributed by atoms with Gasteiger partial charge in [-0.05, 0) is 53.9 Å². The second-order valence-corrected chi connectivity index (χ2v) is 7.49. The van der Waals surface area contributed by atoms with Gasteiger partial charge in [-0.25, -0.2) is 23.1 Å². The number of nitrogen functional groups attached to an aromatic ring is 1. The molecule has 3 aromatic rings. The Labute approximate surface area is 143 Å². The van der Waals surface area contributed by atoms with Crippen LogP contribution in [0.2, 0.25) is 0 Å². The summed E-state index contributed by atoms with van der Waals surface area (Å²) in [6.07, 6.45) is 5.21. The number of nitrogens with two attached hydrogens (primary N) is 1. The standard InChI is InChI=1S/C16H14N4O2S2/c17-12-3-7-15(8-4-12)24(21,22)20-16-18-10-9-13(19-16)5-6-14-2-1-11-23-14/h1-11H,17H2,(H,18,19,20)/b6-5-. The first-order chi connectivity index (χ1) is 11.5. The SMILES string of the molecule is Nc1ccc(S(=O)(=O)Nc2nccc(/C=C\c3cccs3)n2)cc1. The maximum Gasteiger partial charge on any atom is 0.264 e. The number of benzene rings is 1. The van der Waals surface area contributed by atoms with Crippen LogP contribution in [0.3, 0.4) is 0 Å². The highest BCUT2D eigenvalue weighted by Crippen LogP contribution is 2.16. The molecule has 0 aliphatic heterocycles. The molecule has 2 aromatic heterocycles. The van der Waals surface area contributed by atoms with E-state index in [2.05, 4.69) is 14.7 Å². The molecule has 0 aliphatic rings. The summed E-state index contributed by atoms with van der Waals surface area (Å²) in [4.78, 5) is 9.33. The number of rotatable bonds is 5. The molecular weight excluding hydrogens is 344 g/mol. The Bertz CT molecular complexity index is 950. The van der Waals surface area contributed by atoms with Crippen molar-refractivity contribution in [1.29, 1.82) is 0 Å². The van der Waals surface area contributed by atoms with Crippen molar-refractivity contribution in [2.75, 3.05) is 10.5 Å². The summed E-state index contributed by atoms with van der Waals surface area (Å²) in [7, 11) is -3.76. The number of thiophene rings is 1. The lowest BCUT2D eigenvalue weighted by Gasteiger charge is -2.07. The van der Waals surface area contributed by atoms with Crippen molar-refractivity contribution >= 4 is 45.1 Å². The molecule has 0 atom stereocenters. The summed E-state index contributed by atoms with van der Waals surface area (Å²) < 4.78 is 27.0. The molecule has 0 amide bonds. The first-order valence-corrected chi connectivity index (χ1v) is 9.32. The molecule has 8 heteroatoms. The summed E-state index contributed by atoms with van der Waals surface area (Å²) in [6.45, 7) is 0. The molecule has 6 nitrogen and oxygen atoms in total. The van der Waals surface area contributed by atoms with E-state index in [9.17, 15) is 8.42 Å². The Hall–Kier alpha value is -2.71. The Morgan fingerprint density at radius 3 is 2.58 bits per heavy atom. The first-order valence-electron chi connectivity index (χ1n) is 6.96. The lowest BCUT2D eigenvalue weighted by Crippen LogP contribution is -2.15. The highest BCUT2D eigenvalue weighted by Gasteiger charge is 2.15. The lowest BCUT2D eigenvalue weighted by atomic mass is 10.3. The largest absolute Gasteiger partial charge is 0.399 e. The summed E-state index contributed by atoms with van der Waals surface area (Å²) in [5.41, 5.74) is 6.67. The van der Waals surface area contributed by atoms with Crippen molar-refractivity contribution in [3.05, 3.63) is 64.6 Å². The van der Waals surface area contributed by atoms with Crippen LogP contribution in [-0.2, 0) is 10.0 Å². The van der Waals surface area contributed by atoms with Crippen LogP contribution < -0.4 is 10.5 Å². The molecule has 3 rings (SSSR count). The van der Waals surface area contributed by atoms with Crippen LogP contribution in [0.25, 0.3) is 12.2 Å². The van der Waals surface area contributed by atoms with Gasteiger partial charge >= 0.3 is 0 Å². The second-order valence-electron chi connectivity index (χ2n) is 4.83. The van der Waals surface area contributed by atoms with Crippen molar-refractivity contribution in [3.63, 3.8) is 0 Å². The van der Waals surface area contributed by atoms with Crippen LogP contribution in [-0.4, -0.2) is 18.4 Å². The molecule has 0 bridgehead atoms. The van der Waals surface area contributed by atoms with Gasteiger partial charge in [0.15, 0.2) is 0 Å². The van der Waals surface area contributed by atoms with E-state index in [1.54, 1.807) is 23.5 Å². The van der Waals surface area contributed by atoms with Gasteiger partial charge in [0.05, 0.1) is 10.6 Å². The normalized spacial score (nSPS) is 11.7. The molecule has 3 N–H and O–H groups in total. The van der Waals surface area contributed by atoms with Gasteiger partial charge in [-0.1, -0.05) is 6.07 Å². The van der Waals surface area contributed by atoms with Crippen molar-refractivity contribution in [1.82, 2.24) is 9.97 Å². The number of hydrogen-bond acceptors (Lipinski definition) is 6. The van der Waals surface area contributed by atoms with Crippen molar-refractivity contribution in [2.24, 2.45) is 0 Å². The summed E-state index contributed by atoms with van der Waals surface area (Å²) in [6, 6.07) is 11.5. The Balaban J connectivity index is 1.80. The van der Waals surface area contributed by atoms with Crippen LogP contribution in [0.4, 0.5) is 11.6 Å². The summed E-state index contributed by atoms with van der Waals surface area (Å²) >= 11 is 1.60. The number of nitrogens with one attached hydrogen (secondary N) is 1. The van der Waals surface area contributed by atoms with E-state index in [0.29, 0.717) is 11.4 Å². The maximum absolute atomic E-state index is 12.3. The van der Waals surface area contributed by atoms with E-state index < -0.39 is 10.0 Å². The number of nitrogens with zero attached hydrogens (tertiary/aromatic N) is 2. The number of sulfonamides is 1. The third-order valence-corrected chi connectivity index (χ3v) is 5.24. The number of aromatic nitrogens is 2. The molecule has 122 valence electrons. The van der Waals surface area contributed by atoms with Crippen LogP contribution in [0.1, 0.15) is 10.6 Å². The van der Waals surface area contributed by atoms with E-state index in [0.717, 1.165) is 4.88 Å².